The van der Waals surface area contributed by atoms with Crippen LogP contribution in [0.1, 0.15) is 27.7 Å². The van der Waals surface area contributed by atoms with Crippen molar-refractivity contribution < 1.29 is 125 Å². The van der Waals surface area contributed by atoms with Gasteiger partial charge >= 0.3 is 72.2 Å². The van der Waals surface area contributed by atoms with Crippen LogP contribution in [0.15, 0.2) is 0 Å². The van der Waals surface area contributed by atoms with E-state index in [1.54, 1.807) is 0 Å². The predicted octanol–water partition coefficient (Wildman–Crippen LogP) is 8.83. The summed E-state index contributed by atoms with van der Waals surface area (Å²) in [5.41, 5.74) is 0. The predicted molar refractivity (Wildman–Crippen MR) is 90.2 cm³/mol. The van der Waals surface area contributed by atoms with E-state index in [1.165, 1.54) is 0 Å². The first-order chi connectivity index (χ1) is 19.0. The minimum Gasteiger partial charge on any atom is -0.272 e. The molecule has 0 saturated heterocycles. The maximum Gasteiger partial charge on any atom is 0.462 e. The van der Waals surface area contributed by atoms with Gasteiger partial charge in [-0.1, -0.05) is 0 Å². The van der Waals surface area contributed by atoms with Gasteiger partial charge in [0, 0.05) is 27.7 Å². The molecule has 0 aromatic carbocycles. The number of alkyl halides is 23. The molecule has 0 aliphatic heterocycles. The zero-order valence-electron chi connectivity index (χ0n) is 21.3. The first-order valence-corrected chi connectivity index (χ1v) is 10.2. The Balaban J connectivity index is 6.23. The molecule has 0 aromatic heterocycles. The largest absolute Gasteiger partial charge is 0.462 e. The smallest absolute Gasteiger partial charge is 0.272 e. The first-order valence-electron chi connectivity index (χ1n) is 10.2. The number of ether oxygens (including phenoxy) is 5. The first kappa shape index (κ1) is 43.2. The van der Waals surface area contributed by atoms with E-state index in [1.807, 2.05) is 4.74 Å². The molecule has 0 spiro atoms. The fourth-order valence-electron chi connectivity index (χ4n) is 2.01. The summed E-state index contributed by atoms with van der Waals surface area (Å²) in [6.45, 7) is -4.72. The summed E-state index contributed by atoms with van der Waals surface area (Å²) >= 11 is 0. The molecule has 5 nitrogen and oxygen atoms in total. The average Bonchev–Trinajstić information content (AvgIpc) is 2.68. The summed E-state index contributed by atoms with van der Waals surface area (Å²) in [5.74, 6) is -31.9. The Labute approximate surface area is 232 Å². The summed E-state index contributed by atoms with van der Waals surface area (Å²) in [6.07, 6.45) is -53.5. The van der Waals surface area contributed by atoms with E-state index in [2.05, 4.69) is 18.9 Å². The SMILES string of the molecule is CC(F)(OC(F)(F)C(C)(F)OC(F)(F)C(C)(F)OC(F)(F)C(C)(F)OC(F)(F)C(F)(F)C(F)(F)F)C(F)(F)OC(F)C(F)(F)F. The minimum atomic E-state index is -7.54. The lowest BCUT2D eigenvalue weighted by atomic mass is 10.2. The van der Waals surface area contributed by atoms with Crippen LogP contribution in [0.4, 0.5) is 101 Å². The maximum atomic E-state index is 14.3. The number of hydrogen-bond acceptors (Lipinski definition) is 5. The third-order valence-electron chi connectivity index (χ3n) is 4.59. The Morgan fingerprint density at radius 3 is 0.800 bits per heavy atom. The monoisotopic (exact) mass is 734 g/mol. The summed E-state index contributed by atoms with van der Waals surface area (Å²) in [4.78, 5) is 0. The topological polar surface area (TPSA) is 46.2 Å². The third kappa shape index (κ3) is 8.96. The molecule has 272 valence electrons. The van der Waals surface area contributed by atoms with Crippen molar-refractivity contribution in [3.63, 3.8) is 0 Å². The van der Waals surface area contributed by atoms with Crippen molar-refractivity contribution in [2.24, 2.45) is 0 Å². The molecule has 0 N–H and O–H groups in total. The van der Waals surface area contributed by atoms with Crippen molar-refractivity contribution in [3.05, 3.63) is 0 Å². The van der Waals surface area contributed by atoms with E-state index >= 15 is 0 Å². The second-order valence-corrected chi connectivity index (χ2v) is 8.71. The van der Waals surface area contributed by atoms with Crippen molar-refractivity contribution in [1.29, 1.82) is 0 Å². The average molecular weight is 734 g/mol. The molecule has 45 heavy (non-hydrogen) atoms. The standard InChI is InChI=1S/C17H13F23O5/c1-6(19,13(31,32)41-5(18)10(23,24)25)42-14(33,34)7(2,20)43-15(35,36)8(3,21)44-16(37,38)9(4,22)45-17(39,40)11(26,27)12(28,29)30/h5H,1-4H3. The van der Waals surface area contributed by atoms with Gasteiger partial charge < -0.3 is 0 Å². The molecule has 0 bridgehead atoms. The quantitative estimate of drug-likeness (QED) is 0.158. The van der Waals surface area contributed by atoms with Gasteiger partial charge in [0.05, 0.1) is 0 Å². The molecule has 0 aromatic rings. The van der Waals surface area contributed by atoms with Gasteiger partial charge in [0.2, 0.25) is 0 Å². The van der Waals surface area contributed by atoms with Crippen molar-refractivity contribution in [3.8, 4) is 0 Å². The summed E-state index contributed by atoms with van der Waals surface area (Å²) in [6, 6.07) is 0. The lowest BCUT2D eigenvalue weighted by molar-refractivity contribution is -0.539. The van der Waals surface area contributed by atoms with Crippen LogP contribution in [0.25, 0.3) is 0 Å². The van der Waals surface area contributed by atoms with E-state index in [9.17, 15) is 101 Å². The molecule has 0 amide bonds. The lowest BCUT2D eigenvalue weighted by Crippen LogP contribution is -2.63. The van der Waals surface area contributed by atoms with E-state index in [4.69, 9.17) is 0 Å². The van der Waals surface area contributed by atoms with Crippen molar-refractivity contribution in [2.75, 3.05) is 0 Å². The fourth-order valence-corrected chi connectivity index (χ4v) is 2.01. The Morgan fingerprint density at radius 2 is 0.578 bits per heavy atom. The highest BCUT2D eigenvalue weighted by Crippen LogP contribution is 2.53. The van der Waals surface area contributed by atoms with Crippen LogP contribution in [-0.4, -0.2) is 78.6 Å². The molecule has 0 heterocycles. The molecule has 0 rings (SSSR count). The van der Waals surface area contributed by atoms with Crippen LogP contribution in [0.3, 0.4) is 0 Å². The Morgan fingerprint density at radius 1 is 0.356 bits per heavy atom. The molecule has 5 atom stereocenters. The summed E-state index contributed by atoms with van der Waals surface area (Å²) in [5, 5.41) is 0. The zero-order chi connectivity index (χ0) is 37.1. The molecule has 5 unspecified atom stereocenters. The number of rotatable bonds is 15. The van der Waals surface area contributed by atoms with Crippen molar-refractivity contribution in [1.82, 2.24) is 0 Å². The van der Waals surface area contributed by atoms with Crippen molar-refractivity contribution >= 4 is 0 Å². The molecule has 0 aliphatic rings. The van der Waals surface area contributed by atoms with Gasteiger partial charge in [-0.25, -0.2) is 22.0 Å². The molecule has 0 radical (unpaired) electrons. The van der Waals surface area contributed by atoms with E-state index in [-0.39, 0.29) is 0 Å². The van der Waals surface area contributed by atoms with Crippen LogP contribution in [0.2, 0.25) is 0 Å². The summed E-state index contributed by atoms with van der Waals surface area (Å²) in [7, 11) is 0. The van der Waals surface area contributed by atoms with Gasteiger partial charge in [0.25, 0.3) is 6.36 Å². The molecule has 28 heteroatoms. The molecule has 0 aliphatic carbocycles. The maximum absolute atomic E-state index is 14.3. The van der Waals surface area contributed by atoms with Gasteiger partial charge in [0.1, 0.15) is 0 Å². The van der Waals surface area contributed by atoms with Gasteiger partial charge in [-0.2, -0.15) is 79.0 Å². The van der Waals surface area contributed by atoms with Crippen LogP contribution in [-0.2, 0) is 23.7 Å². The van der Waals surface area contributed by atoms with E-state index < -0.39 is 106 Å². The van der Waals surface area contributed by atoms with Gasteiger partial charge in [0.15, 0.2) is 0 Å². The Hall–Kier alpha value is -1.81. The Bertz CT molecular complexity index is 1010. The highest BCUT2D eigenvalue weighted by molar-refractivity contribution is 4.90. The molecular formula is C17H13F23O5. The molecular weight excluding hydrogens is 721 g/mol. The fraction of sp³-hybridized carbons (Fsp3) is 1.00. The number of halogens is 23. The lowest BCUT2D eigenvalue weighted by Gasteiger charge is -2.41. The van der Waals surface area contributed by atoms with E-state index in [0.717, 1.165) is 0 Å². The zero-order valence-corrected chi connectivity index (χ0v) is 21.3. The highest BCUT2D eigenvalue weighted by Gasteiger charge is 2.79. The normalized spacial score (nSPS) is 21.4. The van der Waals surface area contributed by atoms with Gasteiger partial charge in [-0.15, -0.1) is 0 Å². The van der Waals surface area contributed by atoms with Crippen molar-refractivity contribution in [2.45, 2.75) is 106 Å². The molecule has 0 fully saturated rings. The van der Waals surface area contributed by atoms with Crippen LogP contribution in [0.5, 0.6) is 0 Å². The Kier molecular flexibility index (Phi) is 11.2. The van der Waals surface area contributed by atoms with Crippen LogP contribution in [0, 0.1) is 0 Å². The summed E-state index contributed by atoms with van der Waals surface area (Å²) < 4.78 is 316. The second-order valence-electron chi connectivity index (χ2n) is 8.71. The molecule has 0 saturated carbocycles. The third-order valence-corrected chi connectivity index (χ3v) is 4.59. The van der Waals surface area contributed by atoms with Gasteiger partial charge in [-0.05, 0) is 0 Å². The van der Waals surface area contributed by atoms with Crippen LogP contribution >= 0.6 is 0 Å². The highest BCUT2D eigenvalue weighted by atomic mass is 19.4. The van der Waals surface area contributed by atoms with E-state index in [0.29, 0.717) is 0 Å². The number of hydrogen-bond donors (Lipinski definition) is 0. The minimum absolute atomic E-state index is 1.07. The second kappa shape index (κ2) is 11.7. The van der Waals surface area contributed by atoms with Crippen LogP contribution < -0.4 is 0 Å². The van der Waals surface area contributed by atoms with Gasteiger partial charge in [-0.3, -0.25) is 23.7 Å².